The third kappa shape index (κ3) is 4.19. The van der Waals surface area contributed by atoms with Crippen molar-refractivity contribution in [3.05, 3.63) is 29.8 Å². The molecule has 0 radical (unpaired) electrons. The fourth-order valence-electron chi connectivity index (χ4n) is 2.19. The van der Waals surface area contributed by atoms with Gasteiger partial charge in [0.05, 0.1) is 5.25 Å². The summed E-state index contributed by atoms with van der Waals surface area (Å²) in [6, 6.07) is 7.49. The van der Waals surface area contributed by atoms with Gasteiger partial charge in [0.15, 0.2) is 0 Å². The Labute approximate surface area is 120 Å². The molecule has 112 valence electrons. The summed E-state index contributed by atoms with van der Waals surface area (Å²) in [5.74, 6) is 0. The minimum atomic E-state index is -3.31. The van der Waals surface area contributed by atoms with Crippen molar-refractivity contribution >= 4 is 15.7 Å². The van der Waals surface area contributed by atoms with E-state index in [1.807, 2.05) is 24.3 Å². The van der Waals surface area contributed by atoms with Gasteiger partial charge in [-0.1, -0.05) is 19.1 Å². The maximum absolute atomic E-state index is 12.2. The average Bonchev–Trinajstić information content (AvgIpc) is 2.47. The van der Waals surface area contributed by atoms with Gasteiger partial charge in [0, 0.05) is 25.4 Å². The van der Waals surface area contributed by atoms with E-state index in [4.69, 9.17) is 4.74 Å². The van der Waals surface area contributed by atoms with Crippen molar-refractivity contribution in [2.45, 2.75) is 31.6 Å². The first kappa shape index (κ1) is 15.3. The van der Waals surface area contributed by atoms with Crippen molar-refractivity contribution in [3.63, 3.8) is 0 Å². The molecule has 20 heavy (non-hydrogen) atoms. The quantitative estimate of drug-likeness (QED) is 0.839. The molecule has 0 spiro atoms. The van der Waals surface area contributed by atoms with E-state index in [1.54, 1.807) is 0 Å². The Morgan fingerprint density at radius 3 is 2.45 bits per heavy atom. The Balaban J connectivity index is 1.98. The Bertz CT molecular complexity index is 508. The molecule has 1 aliphatic rings. The highest BCUT2D eigenvalue weighted by Crippen LogP contribution is 2.19. The molecule has 1 saturated heterocycles. The zero-order valence-electron chi connectivity index (χ0n) is 11.8. The molecule has 2 N–H and O–H groups in total. The largest absolute Gasteiger partial charge is 0.381 e. The number of hydrogen-bond acceptors (Lipinski definition) is 4. The highest BCUT2D eigenvalue weighted by atomic mass is 32.2. The monoisotopic (exact) mass is 298 g/mol. The Morgan fingerprint density at radius 1 is 1.20 bits per heavy atom. The molecule has 6 heteroatoms. The van der Waals surface area contributed by atoms with Gasteiger partial charge in [-0.15, -0.1) is 0 Å². The van der Waals surface area contributed by atoms with Crippen molar-refractivity contribution < 1.29 is 13.2 Å². The van der Waals surface area contributed by atoms with Crippen LogP contribution in [0.1, 0.15) is 25.3 Å². The molecule has 0 bridgehead atoms. The van der Waals surface area contributed by atoms with Crippen molar-refractivity contribution in [2.24, 2.45) is 0 Å². The lowest BCUT2D eigenvalue weighted by atomic mass is 10.2. The number of anilines is 1. The van der Waals surface area contributed by atoms with E-state index in [9.17, 15) is 8.42 Å². The fraction of sp³-hybridized carbons (Fsp3) is 0.571. The van der Waals surface area contributed by atoms with E-state index in [-0.39, 0.29) is 5.25 Å². The van der Waals surface area contributed by atoms with Crippen LogP contribution in [-0.4, -0.2) is 33.4 Å². The minimum absolute atomic E-state index is 0.349. The second-order valence-corrected chi connectivity index (χ2v) is 6.90. The summed E-state index contributed by atoms with van der Waals surface area (Å²) in [4.78, 5) is 0. The molecule has 0 aliphatic carbocycles. The molecule has 1 fully saturated rings. The van der Waals surface area contributed by atoms with Gasteiger partial charge in [0.2, 0.25) is 10.0 Å². The number of benzene rings is 1. The van der Waals surface area contributed by atoms with E-state index >= 15 is 0 Å². The molecule has 0 amide bonds. The van der Waals surface area contributed by atoms with Crippen LogP contribution in [0.4, 0.5) is 5.69 Å². The molecule has 5 nitrogen and oxygen atoms in total. The van der Waals surface area contributed by atoms with E-state index in [1.165, 1.54) is 0 Å². The summed E-state index contributed by atoms with van der Waals surface area (Å²) in [6.45, 7) is 4.80. The molecule has 1 heterocycles. The lowest BCUT2D eigenvalue weighted by Crippen LogP contribution is -2.33. The predicted molar refractivity (Wildman–Crippen MR) is 80.2 cm³/mol. The lowest BCUT2D eigenvalue weighted by Gasteiger charge is -2.22. The van der Waals surface area contributed by atoms with Crippen LogP contribution in [0, 0.1) is 0 Å². The number of hydrogen-bond donors (Lipinski definition) is 2. The summed E-state index contributed by atoms with van der Waals surface area (Å²) in [5, 5.41) is 2.88. The summed E-state index contributed by atoms with van der Waals surface area (Å²) >= 11 is 0. The molecular formula is C14H22N2O3S. The van der Waals surface area contributed by atoms with Crippen LogP contribution >= 0.6 is 0 Å². The van der Waals surface area contributed by atoms with E-state index in [0.717, 1.165) is 18.7 Å². The Kier molecular flexibility index (Phi) is 5.39. The van der Waals surface area contributed by atoms with Crippen molar-refractivity contribution in [1.82, 2.24) is 5.32 Å². The SMILES string of the molecule is CCNCc1ccc(NS(=O)(=O)C2CCOCC2)cc1. The van der Waals surface area contributed by atoms with Gasteiger partial charge in [-0.3, -0.25) is 4.72 Å². The zero-order chi connectivity index (χ0) is 14.4. The van der Waals surface area contributed by atoms with Gasteiger partial charge < -0.3 is 10.1 Å². The summed E-state index contributed by atoms with van der Waals surface area (Å²) in [7, 11) is -3.31. The van der Waals surface area contributed by atoms with E-state index in [0.29, 0.717) is 31.7 Å². The van der Waals surface area contributed by atoms with Gasteiger partial charge in [0.1, 0.15) is 0 Å². The maximum atomic E-state index is 12.2. The van der Waals surface area contributed by atoms with Crippen molar-refractivity contribution in [2.75, 3.05) is 24.5 Å². The number of sulfonamides is 1. The van der Waals surface area contributed by atoms with Crippen molar-refractivity contribution in [1.29, 1.82) is 0 Å². The van der Waals surface area contributed by atoms with Crippen LogP contribution in [0.25, 0.3) is 0 Å². The zero-order valence-corrected chi connectivity index (χ0v) is 12.6. The fourth-order valence-corrected chi connectivity index (χ4v) is 3.64. The summed E-state index contributed by atoms with van der Waals surface area (Å²) < 4.78 is 32.3. The molecule has 2 rings (SSSR count). The number of rotatable bonds is 6. The second kappa shape index (κ2) is 7.06. The molecule has 1 aromatic rings. The molecule has 0 aromatic heterocycles. The number of nitrogens with one attached hydrogen (secondary N) is 2. The average molecular weight is 298 g/mol. The smallest absolute Gasteiger partial charge is 0.235 e. The van der Waals surface area contributed by atoms with Gasteiger partial charge in [-0.2, -0.15) is 0 Å². The van der Waals surface area contributed by atoms with Gasteiger partial charge >= 0.3 is 0 Å². The van der Waals surface area contributed by atoms with E-state index in [2.05, 4.69) is 17.0 Å². The minimum Gasteiger partial charge on any atom is -0.381 e. The summed E-state index contributed by atoms with van der Waals surface area (Å²) in [6.07, 6.45) is 1.13. The van der Waals surface area contributed by atoms with Crippen LogP contribution in [0.15, 0.2) is 24.3 Å². The molecule has 1 aliphatic heterocycles. The van der Waals surface area contributed by atoms with E-state index < -0.39 is 10.0 Å². The molecule has 0 unspecified atom stereocenters. The lowest BCUT2D eigenvalue weighted by molar-refractivity contribution is 0.0984. The molecule has 0 atom stereocenters. The van der Waals surface area contributed by atoms with Gasteiger partial charge in [-0.05, 0) is 37.1 Å². The Morgan fingerprint density at radius 2 is 1.85 bits per heavy atom. The highest BCUT2D eigenvalue weighted by molar-refractivity contribution is 7.93. The first-order chi connectivity index (χ1) is 9.62. The molecule has 0 saturated carbocycles. The van der Waals surface area contributed by atoms with Crippen LogP contribution in [0.2, 0.25) is 0 Å². The topological polar surface area (TPSA) is 67.4 Å². The second-order valence-electron chi connectivity index (χ2n) is 4.94. The summed E-state index contributed by atoms with van der Waals surface area (Å²) in [5.41, 5.74) is 1.76. The van der Waals surface area contributed by atoms with Crippen LogP contribution in [0.5, 0.6) is 0 Å². The van der Waals surface area contributed by atoms with Crippen LogP contribution < -0.4 is 10.0 Å². The molecular weight excluding hydrogens is 276 g/mol. The normalized spacial score (nSPS) is 17.1. The Hall–Kier alpha value is -1.11. The van der Waals surface area contributed by atoms with Crippen LogP contribution in [-0.2, 0) is 21.3 Å². The van der Waals surface area contributed by atoms with Gasteiger partial charge in [-0.25, -0.2) is 8.42 Å². The molecule has 1 aromatic carbocycles. The first-order valence-corrected chi connectivity index (χ1v) is 8.55. The predicted octanol–water partition coefficient (Wildman–Crippen LogP) is 1.72. The first-order valence-electron chi connectivity index (χ1n) is 7.01. The third-order valence-electron chi connectivity index (χ3n) is 3.40. The highest BCUT2D eigenvalue weighted by Gasteiger charge is 2.27. The number of ether oxygens (including phenoxy) is 1. The third-order valence-corrected chi connectivity index (χ3v) is 5.27. The van der Waals surface area contributed by atoms with Crippen molar-refractivity contribution in [3.8, 4) is 0 Å². The van der Waals surface area contributed by atoms with Gasteiger partial charge in [0.25, 0.3) is 0 Å². The van der Waals surface area contributed by atoms with Crippen LogP contribution in [0.3, 0.4) is 0 Å². The maximum Gasteiger partial charge on any atom is 0.235 e. The standard InChI is InChI=1S/C14H22N2O3S/c1-2-15-11-12-3-5-13(6-4-12)16-20(17,18)14-7-9-19-10-8-14/h3-6,14-16H,2,7-11H2,1H3.